The van der Waals surface area contributed by atoms with Crippen LogP contribution in [0.25, 0.3) is 11.1 Å². The minimum atomic E-state index is -0.457. The molecule has 0 spiro atoms. The van der Waals surface area contributed by atoms with Gasteiger partial charge in [-0.05, 0) is 24.1 Å². The van der Waals surface area contributed by atoms with Crippen LogP contribution in [0.4, 0.5) is 5.69 Å². The first-order chi connectivity index (χ1) is 10.6. The Balaban J connectivity index is 1.60. The summed E-state index contributed by atoms with van der Waals surface area (Å²) in [6, 6.07) is 7.38. The van der Waals surface area contributed by atoms with E-state index in [1.54, 1.807) is 12.4 Å². The fourth-order valence-electron chi connectivity index (χ4n) is 2.63. The first-order valence-corrected chi connectivity index (χ1v) is 7.22. The predicted molar refractivity (Wildman–Crippen MR) is 82.8 cm³/mol. The fraction of sp³-hybridized carbons (Fsp3) is 0.312. The van der Waals surface area contributed by atoms with Crippen molar-refractivity contribution in [3.8, 4) is 11.1 Å². The summed E-state index contributed by atoms with van der Waals surface area (Å²) in [5, 5.41) is 12.4. The number of benzene rings is 1. The molecule has 3 atom stereocenters. The van der Waals surface area contributed by atoms with E-state index in [1.165, 1.54) is 6.33 Å². The van der Waals surface area contributed by atoms with E-state index in [1.807, 2.05) is 24.3 Å². The molecule has 1 aliphatic carbocycles. The van der Waals surface area contributed by atoms with Crippen LogP contribution in [0.5, 0.6) is 0 Å². The molecule has 6 heteroatoms. The Morgan fingerprint density at radius 2 is 1.91 bits per heavy atom. The summed E-state index contributed by atoms with van der Waals surface area (Å²) in [5.74, 6) is -0.268. The standard InChI is InChI=1S/C16H18N4O2/c17-14-6-15(21)13(14)5-16(22)20-12-3-1-10(2-4-12)11-7-18-9-19-8-11/h1-4,7-9,13-15,21H,5-6,17H2,(H,20,22). The number of amides is 1. The molecule has 0 bridgehead atoms. The van der Waals surface area contributed by atoms with Crippen LogP contribution in [0, 0.1) is 5.92 Å². The molecule has 0 aliphatic heterocycles. The Morgan fingerprint density at radius 3 is 2.50 bits per heavy atom. The minimum absolute atomic E-state index is 0.0822. The SMILES string of the molecule is NC1CC(O)C1CC(=O)Nc1ccc(-c2cncnc2)cc1. The highest BCUT2D eigenvalue weighted by atomic mass is 16.3. The van der Waals surface area contributed by atoms with Gasteiger partial charge >= 0.3 is 0 Å². The van der Waals surface area contributed by atoms with Crippen LogP contribution in [0.15, 0.2) is 43.0 Å². The average Bonchev–Trinajstić information content (AvgIpc) is 2.54. The summed E-state index contributed by atoms with van der Waals surface area (Å²) in [4.78, 5) is 19.9. The lowest BCUT2D eigenvalue weighted by Crippen LogP contribution is -2.52. The largest absolute Gasteiger partial charge is 0.393 e. The van der Waals surface area contributed by atoms with E-state index in [0.29, 0.717) is 12.1 Å². The Morgan fingerprint density at radius 1 is 1.23 bits per heavy atom. The molecule has 1 fully saturated rings. The van der Waals surface area contributed by atoms with Crippen molar-refractivity contribution >= 4 is 11.6 Å². The van der Waals surface area contributed by atoms with Crippen molar-refractivity contribution in [3.05, 3.63) is 43.0 Å². The van der Waals surface area contributed by atoms with E-state index in [2.05, 4.69) is 15.3 Å². The van der Waals surface area contributed by atoms with Gasteiger partial charge in [0.05, 0.1) is 6.10 Å². The maximum atomic E-state index is 12.0. The van der Waals surface area contributed by atoms with Gasteiger partial charge in [-0.25, -0.2) is 9.97 Å². The van der Waals surface area contributed by atoms with Gasteiger partial charge in [0.25, 0.3) is 0 Å². The molecule has 1 saturated carbocycles. The molecule has 6 nitrogen and oxygen atoms in total. The lowest BCUT2D eigenvalue weighted by molar-refractivity contribution is -0.120. The molecule has 1 aromatic heterocycles. The lowest BCUT2D eigenvalue weighted by atomic mass is 9.75. The molecule has 1 aromatic carbocycles. The van der Waals surface area contributed by atoms with E-state index >= 15 is 0 Å². The molecule has 0 radical (unpaired) electrons. The number of aromatic nitrogens is 2. The van der Waals surface area contributed by atoms with Crippen LogP contribution in [0.3, 0.4) is 0 Å². The van der Waals surface area contributed by atoms with E-state index in [-0.39, 0.29) is 24.3 Å². The summed E-state index contributed by atoms with van der Waals surface area (Å²) >= 11 is 0. The summed E-state index contributed by atoms with van der Waals surface area (Å²) in [6.45, 7) is 0. The van der Waals surface area contributed by atoms with Gasteiger partial charge in [0.1, 0.15) is 6.33 Å². The van der Waals surface area contributed by atoms with Crippen molar-refractivity contribution in [2.45, 2.75) is 25.0 Å². The van der Waals surface area contributed by atoms with Gasteiger partial charge < -0.3 is 16.2 Å². The number of aliphatic hydroxyl groups is 1. The molecule has 1 heterocycles. The van der Waals surface area contributed by atoms with Crippen LogP contribution in [-0.2, 0) is 4.79 Å². The third-order valence-electron chi connectivity index (χ3n) is 4.04. The van der Waals surface area contributed by atoms with Crippen LogP contribution < -0.4 is 11.1 Å². The Hall–Kier alpha value is -2.31. The van der Waals surface area contributed by atoms with Crippen LogP contribution in [0.2, 0.25) is 0 Å². The number of nitrogens with one attached hydrogen (secondary N) is 1. The molecule has 3 rings (SSSR count). The second-order valence-electron chi connectivity index (χ2n) is 5.59. The normalized spacial score (nSPS) is 23.6. The second kappa shape index (κ2) is 6.21. The topological polar surface area (TPSA) is 101 Å². The number of carbonyl (C=O) groups excluding carboxylic acids is 1. The molecule has 1 amide bonds. The van der Waals surface area contributed by atoms with Crippen LogP contribution in [-0.4, -0.2) is 33.1 Å². The first kappa shape index (κ1) is 14.6. The van der Waals surface area contributed by atoms with Crippen molar-refractivity contribution in [1.82, 2.24) is 9.97 Å². The second-order valence-corrected chi connectivity index (χ2v) is 5.59. The Labute approximate surface area is 128 Å². The zero-order valence-corrected chi connectivity index (χ0v) is 12.0. The smallest absolute Gasteiger partial charge is 0.224 e. The van der Waals surface area contributed by atoms with Crippen LogP contribution in [0.1, 0.15) is 12.8 Å². The molecule has 3 unspecified atom stereocenters. The summed E-state index contributed by atoms with van der Waals surface area (Å²) < 4.78 is 0. The van der Waals surface area contributed by atoms with E-state index in [0.717, 1.165) is 11.1 Å². The molecule has 4 N–H and O–H groups in total. The van der Waals surface area contributed by atoms with Crippen molar-refractivity contribution in [1.29, 1.82) is 0 Å². The third kappa shape index (κ3) is 3.13. The van der Waals surface area contributed by atoms with Crippen LogP contribution >= 0.6 is 0 Å². The number of aliphatic hydroxyl groups excluding tert-OH is 1. The molecular weight excluding hydrogens is 280 g/mol. The summed E-state index contributed by atoms with van der Waals surface area (Å²) in [6.07, 6.45) is 5.32. The number of nitrogens with zero attached hydrogens (tertiary/aromatic N) is 2. The first-order valence-electron chi connectivity index (χ1n) is 7.22. The number of nitrogens with two attached hydrogens (primary N) is 1. The van der Waals surface area contributed by atoms with Crippen molar-refractivity contribution < 1.29 is 9.90 Å². The molecule has 2 aromatic rings. The number of carbonyl (C=O) groups is 1. The fourth-order valence-corrected chi connectivity index (χ4v) is 2.63. The van der Waals surface area contributed by atoms with Gasteiger partial charge in [0, 0.05) is 42.0 Å². The number of hydrogen-bond acceptors (Lipinski definition) is 5. The minimum Gasteiger partial charge on any atom is -0.393 e. The molecule has 1 aliphatic rings. The van der Waals surface area contributed by atoms with E-state index in [9.17, 15) is 9.90 Å². The van der Waals surface area contributed by atoms with E-state index in [4.69, 9.17) is 5.73 Å². The highest BCUT2D eigenvalue weighted by Crippen LogP contribution is 2.29. The summed E-state index contributed by atoms with van der Waals surface area (Å²) in [7, 11) is 0. The van der Waals surface area contributed by atoms with Crippen molar-refractivity contribution in [2.75, 3.05) is 5.32 Å². The Bertz CT molecular complexity index is 637. The van der Waals surface area contributed by atoms with Crippen molar-refractivity contribution in [2.24, 2.45) is 11.7 Å². The highest BCUT2D eigenvalue weighted by molar-refractivity contribution is 5.91. The lowest BCUT2D eigenvalue weighted by Gasteiger charge is -2.38. The molecular formula is C16H18N4O2. The maximum absolute atomic E-state index is 12.0. The van der Waals surface area contributed by atoms with Gasteiger partial charge in [-0.2, -0.15) is 0 Å². The quantitative estimate of drug-likeness (QED) is 0.787. The molecule has 22 heavy (non-hydrogen) atoms. The van der Waals surface area contributed by atoms with Gasteiger partial charge in [-0.3, -0.25) is 4.79 Å². The Kier molecular flexibility index (Phi) is 4.13. The third-order valence-corrected chi connectivity index (χ3v) is 4.04. The number of hydrogen-bond donors (Lipinski definition) is 3. The summed E-state index contributed by atoms with van der Waals surface area (Å²) in [5.41, 5.74) is 8.40. The van der Waals surface area contributed by atoms with Gasteiger partial charge in [0.15, 0.2) is 0 Å². The molecule has 114 valence electrons. The van der Waals surface area contributed by atoms with Crippen molar-refractivity contribution in [3.63, 3.8) is 0 Å². The zero-order valence-electron chi connectivity index (χ0n) is 12.0. The predicted octanol–water partition coefficient (Wildman–Crippen LogP) is 1.18. The van der Waals surface area contributed by atoms with Gasteiger partial charge in [0.2, 0.25) is 5.91 Å². The van der Waals surface area contributed by atoms with Gasteiger partial charge in [-0.15, -0.1) is 0 Å². The zero-order chi connectivity index (χ0) is 15.5. The van der Waals surface area contributed by atoms with E-state index < -0.39 is 6.10 Å². The maximum Gasteiger partial charge on any atom is 0.224 e. The van der Waals surface area contributed by atoms with Gasteiger partial charge in [-0.1, -0.05) is 12.1 Å². The highest BCUT2D eigenvalue weighted by Gasteiger charge is 2.38. The average molecular weight is 298 g/mol. The monoisotopic (exact) mass is 298 g/mol. The number of rotatable bonds is 4. The molecule has 0 saturated heterocycles. The number of anilines is 1.